The average molecular weight is 292 g/mol. The molecule has 0 unspecified atom stereocenters. The quantitative estimate of drug-likeness (QED) is 0.665. The fourth-order valence-corrected chi connectivity index (χ4v) is 2.85. The van der Waals surface area contributed by atoms with Crippen molar-refractivity contribution in [2.24, 2.45) is 0 Å². The van der Waals surface area contributed by atoms with Gasteiger partial charge < -0.3 is 10.6 Å². The van der Waals surface area contributed by atoms with Crippen LogP contribution < -0.4 is 10.6 Å². The average Bonchev–Trinajstić information content (AvgIpc) is 2.48. The predicted molar refractivity (Wildman–Crippen MR) is 81.9 cm³/mol. The summed E-state index contributed by atoms with van der Waals surface area (Å²) in [6.07, 6.45) is 7.39. The molecule has 4 nitrogen and oxygen atoms in total. The number of anilines is 1. The molecule has 20 heavy (non-hydrogen) atoms. The fourth-order valence-electron chi connectivity index (χ4n) is 2.39. The normalized spacial score (nSPS) is 15.7. The predicted octanol–water partition coefficient (Wildman–Crippen LogP) is 2.80. The zero-order valence-electron chi connectivity index (χ0n) is 11.6. The number of benzene rings is 1. The van der Waals surface area contributed by atoms with Crippen molar-refractivity contribution < 1.29 is 9.59 Å². The molecule has 0 atom stereocenters. The number of rotatable bonds is 3. The smallest absolute Gasteiger partial charge is 0.313 e. The monoisotopic (exact) mass is 292 g/mol. The molecule has 5 heteroatoms. The van der Waals surface area contributed by atoms with E-state index in [1.165, 1.54) is 6.42 Å². The van der Waals surface area contributed by atoms with Crippen LogP contribution in [0.5, 0.6) is 0 Å². The minimum Gasteiger partial charge on any atom is -0.345 e. The van der Waals surface area contributed by atoms with Crippen molar-refractivity contribution in [3.05, 3.63) is 24.3 Å². The fraction of sp³-hybridized carbons (Fsp3) is 0.467. The van der Waals surface area contributed by atoms with E-state index in [1.54, 1.807) is 17.8 Å². The molecule has 0 heterocycles. The molecule has 1 aromatic carbocycles. The van der Waals surface area contributed by atoms with Crippen LogP contribution in [0.3, 0.4) is 0 Å². The Labute approximate surface area is 123 Å². The van der Waals surface area contributed by atoms with Crippen molar-refractivity contribution in [2.45, 2.75) is 43.0 Å². The van der Waals surface area contributed by atoms with Crippen molar-refractivity contribution in [3.63, 3.8) is 0 Å². The van der Waals surface area contributed by atoms with E-state index in [2.05, 4.69) is 10.6 Å². The molecule has 1 aliphatic rings. The Hall–Kier alpha value is -1.49. The Morgan fingerprint density at radius 3 is 2.60 bits per heavy atom. The van der Waals surface area contributed by atoms with Crippen molar-refractivity contribution in [2.75, 3.05) is 11.6 Å². The van der Waals surface area contributed by atoms with Crippen molar-refractivity contribution in [3.8, 4) is 0 Å². The maximum Gasteiger partial charge on any atom is 0.313 e. The Bertz CT molecular complexity index is 485. The molecule has 108 valence electrons. The van der Waals surface area contributed by atoms with E-state index in [0.717, 1.165) is 30.6 Å². The van der Waals surface area contributed by atoms with E-state index in [-0.39, 0.29) is 6.04 Å². The highest BCUT2D eigenvalue weighted by Crippen LogP contribution is 2.19. The van der Waals surface area contributed by atoms with Crippen LogP contribution >= 0.6 is 11.8 Å². The second-order valence-electron chi connectivity index (χ2n) is 4.99. The number of amides is 2. The van der Waals surface area contributed by atoms with Gasteiger partial charge in [-0.15, -0.1) is 11.8 Å². The zero-order chi connectivity index (χ0) is 14.4. The lowest BCUT2D eigenvalue weighted by molar-refractivity contribution is -0.136. The first kappa shape index (κ1) is 14.9. The zero-order valence-corrected chi connectivity index (χ0v) is 12.5. The molecular weight excluding hydrogens is 272 g/mol. The van der Waals surface area contributed by atoms with E-state index >= 15 is 0 Å². The summed E-state index contributed by atoms with van der Waals surface area (Å²) in [4.78, 5) is 24.7. The number of hydrogen-bond donors (Lipinski definition) is 2. The molecule has 1 fully saturated rings. The number of carbonyl (C=O) groups is 2. The summed E-state index contributed by atoms with van der Waals surface area (Å²) in [7, 11) is 0. The van der Waals surface area contributed by atoms with Gasteiger partial charge in [0.15, 0.2) is 0 Å². The molecule has 2 rings (SSSR count). The van der Waals surface area contributed by atoms with E-state index in [9.17, 15) is 9.59 Å². The lowest BCUT2D eigenvalue weighted by atomic mass is 9.95. The van der Waals surface area contributed by atoms with Crippen LogP contribution in [0.1, 0.15) is 32.1 Å². The van der Waals surface area contributed by atoms with Gasteiger partial charge in [0, 0.05) is 16.6 Å². The van der Waals surface area contributed by atoms with Gasteiger partial charge in [0.2, 0.25) is 0 Å². The molecule has 0 bridgehead atoms. The third kappa shape index (κ3) is 4.27. The standard InChI is InChI=1S/C15H20N2O2S/c1-20-13-9-5-8-12(10-13)17-15(19)14(18)16-11-6-3-2-4-7-11/h5,8-11H,2-4,6-7H2,1H3,(H,16,18)(H,17,19). The molecule has 1 saturated carbocycles. The van der Waals surface area contributed by atoms with Crippen molar-refractivity contribution in [1.29, 1.82) is 0 Å². The van der Waals surface area contributed by atoms with Crippen LogP contribution in [-0.4, -0.2) is 24.1 Å². The summed E-state index contributed by atoms with van der Waals surface area (Å²) >= 11 is 1.60. The van der Waals surface area contributed by atoms with E-state index in [1.807, 2.05) is 24.5 Å². The van der Waals surface area contributed by atoms with Crippen LogP contribution in [0, 0.1) is 0 Å². The molecule has 1 aromatic rings. The first-order valence-electron chi connectivity index (χ1n) is 6.95. The summed E-state index contributed by atoms with van der Waals surface area (Å²) in [6.45, 7) is 0. The van der Waals surface area contributed by atoms with E-state index in [4.69, 9.17) is 0 Å². The third-order valence-electron chi connectivity index (χ3n) is 3.47. The van der Waals surface area contributed by atoms with Crippen LogP contribution in [0.2, 0.25) is 0 Å². The van der Waals surface area contributed by atoms with Crippen LogP contribution in [0.15, 0.2) is 29.2 Å². The molecule has 2 N–H and O–H groups in total. The number of thioether (sulfide) groups is 1. The van der Waals surface area contributed by atoms with Crippen molar-refractivity contribution in [1.82, 2.24) is 5.32 Å². The highest BCUT2D eigenvalue weighted by molar-refractivity contribution is 7.98. The lowest BCUT2D eigenvalue weighted by Crippen LogP contribution is -2.42. The van der Waals surface area contributed by atoms with E-state index < -0.39 is 11.8 Å². The molecule has 0 saturated heterocycles. The summed E-state index contributed by atoms with van der Waals surface area (Å²) in [5.74, 6) is -1.12. The molecule has 0 radical (unpaired) electrons. The van der Waals surface area contributed by atoms with Gasteiger partial charge in [0.05, 0.1) is 0 Å². The van der Waals surface area contributed by atoms with Gasteiger partial charge >= 0.3 is 11.8 Å². The summed E-state index contributed by atoms with van der Waals surface area (Å²) < 4.78 is 0. The molecule has 0 aliphatic heterocycles. The first-order chi connectivity index (χ1) is 9.69. The molecule has 0 spiro atoms. The van der Waals surface area contributed by atoms with Gasteiger partial charge in [-0.05, 0) is 37.3 Å². The highest BCUT2D eigenvalue weighted by atomic mass is 32.2. The van der Waals surface area contributed by atoms with Gasteiger partial charge in [-0.25, -0.2) is 0 Å². The highest BCUT2D eigenvalue weighted by Gasteiger charge is 2.20. The number of nitrogens with one attached hydrogen (secondary N) is 2. The summed E-state index contributed by atoms with van der Waals surface area (Å²) in [6, 6.07) is 7.62. The molecule has 1 aliphatic carbocycles. The Balaban J connectivity index is 1.88. The van der Waals surface area contributed by atoms with Gasteiger partial charge in [0.25, 0.3) is 0 Å². The van der Waals surface area contributed by atoms with Crippen LogP contribution in [-0.2, 0) is 9.59 Å². The van der Waals surface area contributed by atoms with Gasteiger partial charge in [-0.3, -0.25) is 9.59 Å². The molecule has 2 amide bonds. The summed E-state index contributed by atoms with van der Waals surface area (Å²) in [5, 5.41) is 5.45. The largest absolute Gasteiger partial charge is 0.345 e. The van der Waals surface area contributed by atoms with Crippen molar-refractivity contribution >= 4 is 29.3 Å². The van der Waals surface area contributed by atoms with Gasteiger partial charge in [0.1, 0.15) is 0 Å². The third-order valence-corrected chi connectivity index (χ3v) is 4.20. The Morgan fingerprint density at radius 2 is 1.90 bits per heavy atom. The molecular formula is C15H20N2O2S. The first-order valence-corrected chi connectivity index (χ1v) is 8.17. The topological polar surface area (TPSA) is 58.2 Å². The van der Waals surface area contributed by atoms with Gasteiger partial charge in [-0.2, -0.15) is 0 Å². The maximum absolute atomic E-state index is 11.9. The SMILES string of the molecule is CSc1cccc(NC(=O)C(=O)NC2CCCCC2)c1. The number of hydrogen-bond acceptors (Lipinski definition) is 3. The van der Waals surface area contributed by atoms with Gasteiger partial charge in [-0.1, -0.05) is 25.3 Å². The Kier molecular flexibility index (Phi) is 5.47. The summed E-state index contributed by atoms with van der Waals surface area (Å²) in [5.41, 5.74) is 0.653. The molecule has 0 aromatic heterocycles. The number of carbonyl (C=O) groups excluding carboxylic acids is 2. The van der Waals surface area contributed by atoms with Crippen LogP contribution in [0.25, 0.3) is 0 Å². The lowest BCUT2D eigenvalue weighted by Gasteiger charge is -2.22. The maximum atomic E-state index is 11.9. The minimum atomic E-state index is -0.589. The second kappa shape index (κ2) is 7.33. The Morgan fingerprint density at radius 1 is 1.15 bits per heavy atom. The van der Waals surface area contributed by atoms with Crippen LogP contribution in [0.4, 0.5) is 5.69 Å². The van der Waals surface area contributed by atoms with E-state index in [0.29, 0.717) is 5.69 Å². The second-order valence-corrected chi connectivity index (χ2v) is 5.87. The minimum absolute atomic E-state index is 0.152.